The van der Waals surface area contributed by atoms with Crippen LogP contribution in [-0.2, 0) is 4.46 Å². The van der Waals surface area contributed by atoms with E-state index >= 15 is 0 Å². The van der Waals surface area contributed by atoms with Crippen molar-refractivity contribution in [3.63, 3.8) is 0 Å². The molecule has 12 heavy (non-hydrogen) atoms. The van der Waals surface area contributed by atoms with Gasteiger partial charge in [-0.25, -0.2) is 0 Å². The molecule has 0 unspecified atom stereocenters. The van der Waals surface area contributed by atoms with Gasteiger partial charge in [0, 0.05) is 26.2 Å². The van der Waals surface area contributed by atoms with E-state index in [0.29, 0.717) is 26.2 Å². The summed E-state index contributed by atoms with van der Waals surface area (Å²) in [6.45, 7) is 2.39. The summed E-state index contributed by atoms with van der Waals surface area (Å²) in [5.41, 5.74) is 19.6. The summed E-state index contributed by atoms with van der Waals surface area (Å²) < 4.78 is 8.74. The minimum absolute atomic E-state index is 0.597. The highest BCUT2D eigenvalue weighted by Gasteiger charge is 1.85. The zero-order valence-corrected chi connectivity index (χ0v) is 7.94. The first-order valence-electron chi connectivity index (χ1n) is 3.28. The molecule has 0 aromatic carbocycles. The molecule has 0 fully saturated rings. The molecule has 0 atom stereocenters. The molecule has 0 aliphatic rings. The van der Waals surface area contributed by atoms with E-state index < -0.39 is 9.17 Å². The van der Waals surface area contributed by atoms with Crippen molar-refractivity contribution < 1.29 is 14.1 Å². The van der Waals surface area contributed by atoms with Gasteiger partial charge in [-0.1, -0.05) is 0 Å². The molecule has 0 aliphatic heterocycles. The van der Waals surface area contributed by atoms with E-state index in [1.807, 2.05) is 0 Å². The topological polar surface area (TPSA) is 162 Å². The number of nitrogens with two attached hydrogens (primary N) is 4. The fraction of sp³-hybridized carbons (Fsp3) is 1.00. The zero-order valence-electron chi connectivity index (χ0n) is 6.94. The summed E-state index contributed by atoms with van der Waals surface area (Å²) >= 11 is 0. The Bertz CT molecular complexity index is 72.7. The highest BCUT2D eigenvalue weighted by molar-refractivity contribution is 6.22. The van der Waals surface area contributed by atoms with Crippen LogP contribution >= 0.6 is 0 Å². The second kappa shape index (κ2) is 22.4. The third-order valence-electron chi connectivity index (χ3n) is 0.333. The zero-order chi connectivity index (χ0) is 10.4. The SMILES string of the molecule is NCCN.NCCN.O=[Si](O)O. The van der Waals surface area contributed by atoms with Crippen molar-refractivity contribution in [1.29, 1.82) is 0 Å². The lowest BCUT2D eigenvalue weighted by atomic mass is 10.7. The third-order valence-corrected chi connectivity index (χ3v) is 0.333. The molecule has 0 spiro atoms. The Hall–Kier alpha value is -0.543. The Morgan fingerprint density at radius 3 is 0.917 bits per heavy atom. The van der Waals surface area contributed by atoms with Crippen LogP contribution in [0.5, 0.6) is 0 Å². The molecule has 0 radical (unpaired) electrons. The predicted octanol–water partition coefficient (Wildman–Crippen LogP) is -3.81. The largest absolute Gasteiger partial charge is 0.761 e. The average Bonchev–Trinajstić information content (AvgIpc) is 2.03. The lowest BCUT2D eigenvalue weighted by Gasteiger charge is -1.72. The second-order valence-corrected chi connectivity index (χ2v) is 2.00. The Kier molecular flexibility index (Phi) is 32.7. The van der Waals surface area contributed by atoms with Crippen molar-refractivity contribution in [1.82, 2.24) is 0 Å². The van der Waals surface area contributed by atoms with Crippen LogP contribution < -0.4 is 22.9 Å². The van der Waals surface area contributed by atoms with Gasteiger partial charge in [-0.15, -0.1) is 0 Å². The van der Waals surface area contributed by atoms with E-state index in [1.165, 1.54) is 0 Å². The third kappa shape index (κ3) is 319. The lowest BCUT2D eigenvalue weighted by Crippen LogP contribution is -2.11. The maximum atomic E-state index is 8.74. The fourth-order valence-corrected chi connectivity index (χ4v) is 0. The molecule has 0 saturated carbocycles. The standard InChI is InChI=1S/2C2H8N2.H2O3Si/c2*3-1-2-4;1-4(2)3/h2*1-4H2;1-2H. The van der Waals surface area contributed by atoms with Crippen molar-refractivity contribution in [2.45, 2.75) is 0 Å². The van der Waals surface area contributed by atoms with Gasteiger partial charge in [-0.3, -0.25) is 4.46 Å². The van der Waals surface area contributed by atoms with Crippen LogP contribution in [0.15, 0.2) is 0 Å². The first kappa shape index (κ1) is 17.5. The Morgan fingerprint density at radius 2 is 0.917 bits per heavy atom. The predicted molar refractivity (Wildman–Crippen MR) is 47.1 cm³/mol. The highest BCUT2D eigenvalue weighted by atomic mass is 28.3. The van der Waals surface area contributed by atoms with Crippen molar-refractivity contribution in [2.75, 3.05) is 26.2 Å². The van der Waals surface area contributed by atoms with Crippen LogP contribution in [0.4, 0.5) is 0 Å². The van der Waals surface area contributed by atoms with Gasteiger partial charge in [0.05, 0.1) is 0 Å². The lowest BCUT2D eigenvalue weighted by molar-refractivity contribution is 0.330. The second-order valence-electron chi connectivity index (χ2n) is 1.44. The van der Waals surface area contributed by atoms with Gasteiger partial charge in [-0.2, -0.15) is 0 Å². The summed E-state index contributed by atoms with van der Waals surface area (Å²) in [7, 11) is -3.13. The van der Waals surface area contributed by atoms with Crippen LogP contribution in [0.2, 0.25) is 0 Å². The number of hydrogen-bond donors (Lipinski definition) is 6. The van der Waals surface area contributed by atoms with Gasteiger partial charge < -0.3 is 32.5 Å². The minimum atomic E-state index is -3.13. The first-order valence-corrected chi connectivity index (χ1v) is 4.59. The molecular weight excluding hydrogens is 180 g/mol. The molecule has 0 amide bonds. The number of rotatable bonds is 2. The summed E-state index contributed by atoms with van der Waals surface area (Å²) in [5.74, 6) is 0. The molecule has 0 saturated heterocycles. The van der Waals surface area contributed by atoms with E-state index in [0.717, 1.165) is 0 Å². The van der Waals surface area contributed by atoms with Crippen molar-refractivity contribution in [2.24, 2.45) is 22.9 Å². The Morgan fingerprint density at radius 1 is 0.833 bits per heavy atom. The molecule has 0 aliphatic carbocycles. The van der Waals surface area contributed by atoms with Gasteiger partial charge in [-0.05, 0) is 0 Å². The van der Waals surface area contributed by atoms with Crippen LogP contribution in [0.3, 0.4) is 0 Å². The van der Waals surface area contributed by atoms with E-state index in [1.54, 1.807) is 0 Å². The van der Waals surface area contributed by atoms with Gasteiger partial charge in [0.2, 0.25) is 0 Å². The van der Waals surface area contributed by atoms with Gasteiger partial charge in [0.25, 0.3) is 0 Å². The highest BCUT2D eigenvalue weighted by Crippen LogP contribution is 1.27. The normalized spacial score (nSPS) is 7.00. The maximum Gasteiger partial charge on any atom is 0.761 e. The molecule has 10 N–H and O–H groups in total. The molecule has 8 heteroatoms. The van der Waals surface area contributed by atoms with Gasteiger partial charge in [0.1, 0.15) is 0 Å². The van der Waals surface area contributed by atoms with E-state index in [9.17, 15) is 0 Å². The smallest absolute Gasteiger partial charge is 0.511 e. The first-order chi connectivity index (χ1) is 5.56. The molecular formula is C4H18N4O3Si. The van der Waals surface area contributed by atoms with Gasteiger partial charge >= 0.3 is 9.17 Å². The Labute approximate surface area is 73.2 Å². The molecule has 0 aromatic heterocycles. The molecule has 76 valence electrons. The molecule has 7 nitrogen and oxygen atoms in total. The monoisotopic (exact) mass is 198 g/mol. The molecule has 0 rings (SSSR count). The summed E-state index contributed by atoms with van der Waals surface area (Å²) in [5, 5.41) is 0. The van der Waals surface area contributed by atoms with Crippen molar-refractivity contribution >= 4 is 9.17 Å². The van der Waals surface area contributed by atoms with E-state index in [2.05, 4.69) is 0 Å². The number of hydrogen-bond acceptors (Lipinski definition) is 5. The molecule has 0 heterocycles. The van der Waals surface area contributed by atoms with Crippen molar-refractivity contribution in [3.05, 3.63) is 0 Å². The van der Waals surface area contributed by atoms with Crippen molar-refractivity contribution in [3.8, 4) is 0 Å². The molecule has 0 aromatic rings. The van der Waals surface area contributed by atoms with Crippen LogP contribution in [-0.4, -0.2) is 44.9 Å². The Balaban J connectivity index is -0.000000101. The van der Waals surface area contributed by atoms with E-state index in [4.69, 9.17) is 37.0 Å². The average molecular weight is 198 g/mol. The summed E-state index contributed by atoms with van der Waals surface area (Å²) in [4.78, 5) is 14.3. The fourth-order valence-electron chi connectivity index (χ4n) is 0. The van der Waals surface area contributed by atoms with Crippen LogP contribution in [0.1, 0.15) is 0 Å². The summed E-state index contributed by atoms with van der Waals surface area (Å²) in [6.07, 6.45) is 0. The van der Waals surface area contributed by atoms with Crippen LogP contribution in [0, 0.1) is 0 Å². The van der Waals surface area contributed by atoms with Gasteiger partial charge in [0.15, 0.2) is 0 Å². The quantitative estimate of drug-likeness (QED) is 0.248. The van der Waals surface area contributed by atoms with E-state index in [-0.39, 0.29) is 0 Å². The summed E-state index contributed by atoms with van der Waals surface area (Å²) in [6, 6.07) is 0. The maximum absolute atomic E-state index is 8.74. The molecule has 0 bridgehead atoms. The minimum Gasteiger partial charge on any atom is -0.511 e. The van der Waals surface area contributed by atoms with Crippen LogP contribution in [0.25, 0.3) is 0 Å².